The van der Waals surface area contributed by atoms with Crippen LogP contribution in [0.25, 0.3) is 0 Å². The highest BCUT2D eigenvalue weighted by atomic mass is 19.4. The van der Waals surface area contributed by atoms with Crippen molar-refractivity contribution in [3.63, 3.8) is 0 Å². The van der Waals surface area contributed by atoms with Crippen LogP contribution in [0.4, 0.5) is 18.9 Å². The molecule has 0 fully saturated rings. The van der Waals surface area contributed by atoms with Gasteiger partial charge < -0.3 is 15.2 Å². The molecule has 0 saturated heterocycles. The third kappa shape index (κ3) is 5.26. The van der Waals surface area contributed by atoms with Crippen molar-refractivity contribution in [3.8, 4) is 5.75 Å². The molecule has 0 saturated carbocycles. The van der Waals surface area contributed by atoms with Crippen LogP contribution in [-0.2, 0) is 4.79 Å². The lowest BCUT2D eigenvalue weighted by Gasteiger charge is -2.15. The topological polar surface area (TPSA) is 102 Å². The number of benzene rings is 1. The van der Waals surface area contributed by atoms with E-state index in [1.165, 1.54) is 18.2 Å². The van der Waals surface area contributed by atoms with Crippen molar-refractivity contribution >= 4 is 11.6 Å². The highest BCUT2D eigenvalue weighted by molar-refractivity contribution is 5.77. The number of nitro benzene ring substituents is 1. The van der Waals surface area contributed by atoms with E-state index in [2.05, 4.69) is 0 Å². The van der Waals surface area contributed by atoms with Crippen LogP contribution in [0.15, 0.2) is 24.3 Å². The molecule has 0 aliphatic heterocycles. The van der Waals surface area contributed by atoms with E-state index in [4.69, 9.17) is 9.84 Å². The molecule has 1 aromatic carbocycles. The lowest BCUT2D eigenvalue weighted by molar-refractivity contribution is -0.385. The maximum Gasteiger partial charge on any atom is 0.416 e. The van der Waals surface area contributed by atoms with Gasteiger partial charge in [0.25, 0.3) is 5.91 Å². The van der Waals surface area contributed by atoms with Gasteiger partial charge in [0, 0.05) is 6.07 Å². The molecule has 21 heavy (non-hydrogen) atoms. The molecule has 0 spiro atoms. The Labute approximate surface area is 116 Å². The second-order valence-electron chi connectivity index (χ2n) is 3.87. The van der Waals surface area contributed by atoms with Crippen molar-refractivity contribution in [2.45, 2.75) is 12.3 Å². The molecule has 0 radical (unpaired) electrons. The molecule has 0 heterocycles. The normalized spacial score (nSPS) is 12.6. The highest BCUT2D eigenvalue weighted by Crippen LogP contribution is 2.25. The summed E-state index contributed by atoms with van der Waals surface area (Å²) in [5.41, 5.74) is -0.374. The van der Waals surface area contributed by atoms with Gasteiger partial charge in [0.15, 0.2) is 18.5 Å². The Morgan fingerprint density at radius 2 is 2.05 bits per heavy atom. The summed E-state index contributed by atoms with van der Waals surface area (Å²) in [6, 6.07) is 5.23. The average Bonchev–Trinajstić information content (AvgIpc) is 2.41. The molecule has 2 N–H and O–H groups in total. The van der Waals surface area contributed by atoms with Gasteiger partial charge in [0.2, 0.25) is 0 Å². The number of aliphatic hydroxyl groups excluding tert-OH is 1. The first-order valence-corrected chi connectivity index (χ1v) is 5.59. The Balaban J connectivity index is 2.49. The van der Waals surface area contributed by atoms with Crippen molar-refractivity contribution in [3.05, 3.63) is 34.4 Å². The molecule has 1 aromatic rings. The van der Waals surface area contributed by atoms with Gasteiger partial charge in [0.1, 0.15) is 0 Å². The Hall–Kier alpha value is -2.36. The van der Waals surface area contributed by atoms with Gasteiger partial charge in [-0.2, -0.15) is 13.2 Å². The van der Waals surface area contributed by atoms with Crippen molar-refractivity contribution in [2.75, 3.05) is 13.2 Å². The van der Waals surface area contributed by atoms with Crippen LogP contribution in [0.5, 0.6) is 5.75 Å². The fourth-order valence-corrected chi connectivity index (χ4v) is 1.25. The summed E-state index contributed by atoms with van der Waals surface area (Å²) in [5, 5.41) is 21.1. The summed E-state index contributed by atoms with van der Waals surface area (Å²) in [6.45, 7) is -1.74. The minimum absolute atomic E-state index is 0.186. The first kappa shape index (κ1) is 16.7. The number of para-hydroxylation sites is 2. The first-order valence-electron chi connectivity index (χ1n) is 5.59. The minimum atomic E-state index is -4.84. The van der Waals surface area contributed by atoms with Crippen LogP contribution in [0.1, 0.15) is 0 Å². The van der Waals surface area contributed by atoms with Crippen LogP contribution in [0.3, 0.4) is 0 Å². The Morgan fingerprint density at radius 3 is 2.62 bits per heavy atom. The van der Waals surface area contributed by atoms with Crippen LogP contribution < -0.4 is 10.1 Å². The number of carbonyl (C=O) groups is 1. The Bertz CT molecular complexity index is 521. The summed E-state index contributed by atoms with van der Waals surface area (Å²) >= 11 is 0. The largest absolute Gasteiger partial charge is 0.477 e. The van der Waals surface area contributed by atoms with Crippen LogP contribution in [0.2, 0.25) is 0 Å². The molecule has 10 heteroatoms. The number of ether oxygens (including phenoxy) is 1. The molecule has 0 bridgehead atoms. The highest BCUT2D eigenvalue weighted by Gasteiger charge is 2.38. The van der Waals surface area contributed by atoms with E-state index in [0.717, 1.165) is 6.07 Å². The summed E-state index contributed by atoms with van der Waals surface area (Å²) < 4.78 is 40.8. The minimum Gasteiger partial charge on any atom is -0.477 e. The third-order valence-electron chi connectivity index (χ3n) is 2.29. The second-order valence-corrected chi connectivity index (χ2v) is 3.87. The number of nitro groups is 1. The fraction of sp³-hybridized carbons (Fsp3) is 0.364. The van der Waals surface area contributed by atoms with Crippen LogP contribution >= 0.6 is 0 Å². The van der Waals surface area contributed by atoms with E-state index in [0.29, 0.717) is 0 Å². The van der Waals surface area contributed by atoms with Gasteiger partial charge in [-0.25, -0.2) is 0 Å². The number of nitrogens with one attached hydrogen (secondary N) is 1. The number of hydrogen-bond donors (Lipinski definition) is 2. The van der Waals surface area contributed by atoms with Gasteiger partial charge >= 0.3 is 11.9 Å². The molecule has 0 aliphatic carbocycles. The molecular weight excluding hydrogens is 297 g/mol. The lowest BCUT2D eigenvalue weighted by Crippen LogP contribution is -2.42. The predicted molar refractivity (Wildman–Crippen MR) is 63.7 cm³/mol. The van der Waals surface area contributed by atoms with Crippen LogP contribution in [-0.4, -0.2) is 41.4 Å². The average molecular weight is 308 g/mol. The lowest BCUT2D eigenvalue weighted by atomic mass is 10.3. The predicted octanol–water partition coefficient (Wildman–Crippen LogP) is 1.01. The first-order chi connectivity index (χ1) is 9.71. The zero-order valence-electron chi connectivity index (χ0n) is 10.5. The molecule has 0 aromatic heterocycles. The maximum absolute atomic E-state index is 12.0. The molecule has 1 amide bonds. The number of hydrogen-bond acceptors (Lipinski definition) is 5. The molecule has 116 valence electrons. The molecule has 1 rings (SSSR count). The molecule has 1 atom stereocenters. The smallest absolute Gasteiger partial charge is 0.416 e. The second kappa shape index (κ2) is 6.88. The SMILES string of the molecule is O=C(COc1ccccc1[N+](=O)[O-])NCC(O)C(F)(F)F. The van der Waals surface area contributed by atoms with E-state index in [1.807, 2.05) is 0 Å². The zero-order chi connectivity index (χ0) is 16.0. The monoisotopic (exact) mass is 308 g/mol. The molecule has 1 unspecified atom stereocenters. The van der Waals surface area contributed by atoms with E-state index in [9.17, 15) is 28.1 Å². The molecule has 7 nitrogen and oxygen atoms in total. The summed E-state index contributed by atoms with van der Waals surface area (Å²) in [7, 11) is 0. The standard InChI is InChI=1S/C11H11F3N2O5/c12-11(13,14)9(17)5-15-10(18)6-21-8-4-2-1-3-7(8)16(19)20/h1-4,9,17H,5-6H2,(H,15,18). The van der Waals surface area contributed by atoms with Gasteiger partial charge in [-0.15, -0.1) is 0 Å². The van der Waals surface area contributed by atoms with E-state index in [1.54, 1.807) is 5.32 Å². The Morgan fingerprint density at radius 1 is 1.43 bits per heavy atom. The number of amides is 1. The van der Waals surface area contributed by atoms with E-state index < -0.39 is 36.3 Å². The van der Waals surface area contributed by atoms with Gasteiger partial charge in [-0.1, -0.05) is 12.1 Å². The van der Waals surface area contributed by atoms with Gasteiger partial charge in [-0.3, -0.25) is 14.9 Å². The molecular formula is C11H11F3N2O5. The Kier molecular flexibility index (Phi) is 5.47. The van der Waals surface area contributed by atoms with E-state index in [-0.39, 0.29) is 11.4 Å². The zero-order valence-corrected chi connectivity index (χ0v) is 10.5. The van der Waals surface area contributed by atoms with Crippen molar-refractivity contribution in [1.82, 2.24) is 5.32 Å². The number of carbonyl (C=O) groups excluding carboxylic acids is 1. The number of aliphatic hydroxyl groups is 1. The van der Waals surface area contributed by atoms with E-state index >= 15 is 0 Å². The summed E-state index contributed by atoms with van der Waals surface area (Å²) in [5.74, 6) is -1.13. The third-order valence-corrected chi connectivity index (χ3v) is 2.29. The number of halogens is 3. The van der Waals surface area contributed by atoms with Crippen molar-refractivity contribution in [2.24, 2.45) is 0 Å². The van der Waals surface area contributed by atoms with Gasteiger partial charge in [0.05, 0.1) is 11.5 Å². The fourth-order valence-electron chi connectivity index (χ4n) is 1.25. The number of nitrogens with zero attached hydrogens (tertiary/aromatic N) is 1. The summed E-state index contributed by atoms with van der Waals surface area (Å²) in [6.07, 6.45) is -7.53. The molecule has 0 aliphatic rings. The van der Waals surface area contributed by atoms with Crippen molar-refractivity contribution < 1.29 is 32.7 Å². The van der Waals surface area contributed by atoms with Crippen molar-refractivity contribution in [1.29, 1.82) is 0 Å². The number of rotatable bonds is 6. The van der Waals surface area contributed by atoms with Crippen LogP contribution in [0, 0.1) is 10.1 Å². The van der Waals surface area contributed by atoms with Gasteiger partial charge in [-0.05, 0) is 6.07 Å². The quantitative estimate of drug-likeness (QED) is 0.603. The summed E-state index contributed by atoms with van der Waals surface area (Å²) in [4.78, 5) is 21.2. The maximum atomic E-state index is 12.0. The number of alkyl halides is 3.